The number of benzene rings is 1. The van der Waals surface area contributed by atoms with E-state index in [0.717, 1.165) is 12.1 Å². The number of ether oxygens (including phenoxy) is 1. The Morgan fingerprint density at radius 2 is 2.14 bits per heavy atom. The van der Waals surface area contributed by atoms with E-state index in [1.54, 1.807) is 6.92 Å². The van der Waals surface area contributed by atoms with Gasteiger partial charge in [-0.15, -0.1) is 0 Å². The van der Waals surface area contributed by atoms with Crippen LogP contribution in [0.5, 0.6) is 5.75 Å². The van der Waals surface area contributed by atoms with Gasteiger partial charge in [-0.1, -0.05) is 18.5 Å². The number of halogens is 2. The van der Waals surface area contributed by atoms with Gasteiger partial charge in [-0.05, 0) is 18.4 Å². The number of phenolic OH excluding ortho intramolecular Hbond substituents is 1. The van der Waals surface area contributed by atoms with Crippen LogP contribution < -0.4 is 5.32 Å². The van der Waals surface area contributed by atoms with Gasteiger partial charge in [0.25, 0.3) is 5.91 Å². The zero-order valence-electron chi connectivity index (χ0n) is 11.0. The van der Waals surface area contributed by atoms with E-state index in [1.165, 1.54) is 0 Å². The van der Waals surface area contributed by atoms with Crippen LogP contribution >= 0.6 is 11.6 Å². The molecule has 114 valence electrons. The van der Waals surface area contributed by atoms with E-state index in [9.17, 15) is 19.1 Å². The van der Waals surface area contributed by atoms with Gasteiger partial charge < -0.3 is 20.3 Å². The number of aliphatic carboxylic acids is 1. The van der Waals surface area contributed by atoms with Crippen LogP contribution in [0.15, 0.2) is 12.1 Å². The number of carbonyl (C=O) groups excluding carboxylic acids is 1. The molecule has 1 aromatic rings. The normalized spacial score (nSPS) is 24.8. The Bertz CT molecular complexity index is 594. The lowest BCUT2D eigenvalue weighted by molar-refractivity contribution is -0.152. The Balaban J connectivity index is 2.09. The van der Waals surface area contributed by atoms with E-state index in [1.807, 2.05) is 0 Å². The molecule has 0 saturated carbocycles. The maximum absolute atomic E-state index is 13.6. The molecule has 1 aromatic carbocycles. The SMILES string of the molecule is C[C@@H]1C[C@H](C(=O)Nc2cc(Cl)c(O)cc2F)O[C@H]1C(=O)O. The summed E-state index contributed by atoms with van der Waals surface area (Å²) < 4.78 is 18.7. The lowest BCUT2D eigenvalue weighted by Gasteiger charge is -2.13. The Kier molecular flexibility index (Phi) is 4.34. The van der Waals surface area contributed by atoms with E-state index < -0.39 is 35.7 Å². The minimum absolute atomic E-state index is 0.115. The maximum atomic E-state index is 13.6. The van der Waals surface area contributed by atoms with Gasteiger partial charge in [0, 0.05) is 6.07 Å². The third-order valence-electron chi connectivity index (χ3n) is 3.24. The molecule has 1 heterocycles. The van der Waals surface area contributed by atoms with Gasteiger partial charge in [0.1, 0.15) is 17.7 Å². The molecular weight excluding hydrogens is 305 g/mol. The molecule has 0 radical (unpaired) electrons. The number of nitrogens with one attached hydrogen (secondary N) is 1. The van der Waals surface area contributed by atoms with Crippen molar-refractivity contribution >= 4 is 29.2 Å². The minimum atomic E-state index is -1.14. The topological polar surface area (TPSA) is 95.9 Å². The van der Waals surface area contributed by atoms with Crippen molar-refractivity contribution in [2.75, 3.05) is 5.32 Å². The molecule has 0 unspecified atom stereocenters. The third kappa shape index (κ3) is 3.25. The summed E-state index contributed by atoms with van der Waals surface area (Å²) in [5.41, 5.74) is -0.210. The molecule has 3 atom stereocenters. The van der Waals surface area contributed by atoms with Crippen molar-refractivity contribution in [1.29, 1.82) is 0 Å². The fourth-order valence-corrected chi connectivity index (χ4v) is 2.31. The zero-order valence-corrected chi connectivity index (χ0v) is 11.7. The first-order valence-corrected chi connectivity index (χ1v) is 6.54. The Morgan fingerprint density at radius 1 is 1.48 bits per heavy atom. The number of hydrogen-bond donors (Lipinski definition) is 3. The summed E-state index contributed by atoms with van der Waals surface area (Å²) in [6.45, 7) is 1.66. The first-order valence-electron chi connectivity index (χ1n) is 6.16. The number of hydrogen-bond acceptors (Lipinski definition) is 4. The fraction of sp³-hybridized carbons (Fsp3) is 0.385. The highest BCUT2D eigenvalue weighted by molar-refractivity contribution is 6.32. The summed E-state index contributed by atoms with van der Waals surface area (Å²) in [4.78, 5) is 22.9. The van der Waals surface area contributed by atoms with Gasteiger partial charge in [0.2, 0.25) is 0 Å². The number of rotatable bonds is 3. The molecule has 1 aliphatic heterocycles. The molecule has 21 heavy (non-hydrogen) atoms. The average molecular weight is 318 g/mol. The van der Waals surface area contributed by atoms with Crippen LogP contribution in [0, 0.1) is 11.7 Å². The quantitative estimate of drug-likeness (QED) is 0.741. The first kappa shape index (κ1) is 15.5. The fourth-order valence-electron chi connectivity index (χ4n) is 2.14. The Hall–Kier alpha value is -1.86. The van der Waals surface area contributed by atoms with Crippen molar-refractivity contribution in [3.63, 3.8) is 0 Å². The second-order valence-corrected chi connectivity index (χ2v) is 5.28. The number of carbonyl (C=O) groups is 2. The third-order valence-corrected chi connectivity index (χ3v) is 3.55. The highest BCUT2D eigenvalue weighted by Gasteiger charge is 2.40. The Morgan fingerprint density at radius 3 is 2.71 bits per heavy atom. The van der Waals surface area contributed by atoms with Crippen molar-refractivity contribution < 1.29 is 28.9 Å². The van der Waals surface area contributed by atoms with Gasteiger partial charge in [0.05, 0.1) is 10.7 Å². The van der Waals surface area contributed by atoms with Gasteiger partial charge >= 0.3 is 5.97 Å². The predicted octanol–water partition coefficient (Wildman–Crippen LogP) is 2.00. The average Bonchev–Trinajstić information content (AvgIpc) is 2.78. The van der Waals surface area contributed by atoms with Gasteiger partial charge in [-0.2, -0.15) is 0 Å². The number of amides is 1. The van der Waals surface area contributed by atoms with Crippen molar-refractivity contribution in [2.45, 2.75) is 25.6 Å². The van der Waals surface area contributed by atoms with Crippen LogP contribution in [0.25, 0.3) is 0 Å². The second kappa shape index (κ2) is 5.87. The maximum Gasteiger partial charge on any atom is 0.333 e. The Labute approximate surface area is 124 Å². The molecule has 1 fully saturated rings. The smallest absolute Gasteiger partial charge is 0.333 e. The summed E-state index contributed by atoms with van der Waals surface area (Å²) in [5.74, 6) is -3.43. The first-order chi connectivity index (χ1) is 9.79. The van der Waals surface area contributed by atoms with Gasteiger partial charge in [-0.25, -0.2) is 9.18 Å². The number of aromatic hydroxyl groups is 1. The summed E-state index contributed by atoms with van der Waals surface area (Å²) in [6.07, 6.45) is -1.82. The van der Waals surface area contributed by atoms with Crippen LogP contribution in [0.2, 0.25) is 5.02 Å². The second-order valence-electron chi connectivity index (χ2n) is 4.87. The van der Waals surface area contributed by atoms with Crippen molar-refractivity contribution in [1.82, 2.24) is 0 Å². The highest BCUT2D eigenvalue weighted by atomic mass is 35.5. The van der Waals surface area contributed by atoms with Crippen LogP contribution in [0.3, 0.4) is 0 Å². The lowest BCUT2D eigenvalue weighted by Crippen LogP contribution is -2.30. The van der Waals surface area contributed by atoms with Gasteiger partial charge in [-0.3, -0.25) is 4.79 Å². The molecule has 0 bridgehead atoms. The summed E-state index contributed by atoms with van der Waals surface area (Å²) in [5, 5.41) is 20.3. The molecule has 0 aromatic heterocycles. The van der Waals surface area contributed by atoms with E-state index >= 15 is 0 Å². The molecule has 1 aliphatic rings. The largest absolute Gasteiger partial charge is 0.506 e. The van der Waals surface area contributed by atoms with Crippen LogP contribution in [0.4, 0.5) is 10.1 Å². The predicted molar refractivity (Wildman–Crippen MR) is 71.8 cm³/mol. The monoisotopic (exact) mass is 317 g/mol. The van der Waals surface area contributed by atoms with E-state index in [2.05, 4.69) is 5.32 Å². The molecule has 0 aliphatic carbocycles. The summed E-state index contributed by atoms with van der Waals surface area (Å²) in [6, 6.07) is 1.84. The number of anilines is 1. The van der Waals surface area contributed by atoms with Gasteiger partial charge in [0.15, 0.2) is 6.10 Å². The lowest BCUT2D eigenvalue weighted by atomic mass is 10.0. The minimum Gasteiger partial charge on any atom is -0.506 e. The van der Waals surface area contributed by atoms with E-state index in [-0.39, 0.29) is 23.0 Å². The molecule has 8 heteroatoms. The van der Waals surface area contributed by atoms with Crippen LogP contribution in [0.1, 0.15) is 13.3 Å². The summed E-state index contributed by atoms with van der Waals surface area (Å²) in [7, 11) is 0. The van der Waals surface area contributed by atoms with Crippen molar-refractivity contribution in [3.8, 4) is 5.75 Å². The van der Waals surface area contributed by atoms with Crippen molar-refractivity contribution in [3.05, 3.63) is 23.0 Å². The van der Waals surface area contributed by atoms with E-state index in [0.29, 0.717) is 0 Å². The molecule has 2 rings (SSSR count). The number of carboxylic acid groups (broad SMARTS) is 1. The van der Waals surface area contributed by atoms with Crippen molar-refractivity contribution in [2.24, 2.45) is 5.92 Å². The molecular formula is C13H13ClFNO5. The molecule has 3 N–H and O–H groups in total. The zero-order chi connectivity index (χ0) is 15.7. The van der Waals surface area contributed by atoms with E-state index in [4.69, 9.17) is 21.4 Å². The molecule has 1 amide bonds. The van der Waals surface area contributed by atoms with Crippen LogP contribution in [-0.2, 0) is 14.3 Å². The number of phenols is 1. The molecule has 6 nitrogen and oxygen atoms in total. The molecule has 0 spiro atoms. The highest BCUT2D eigenvalue weighted by Crippen LogP contribution is 2.31. The van der Waals surface area contributed by atoms with Crippen LogP contribution in [-0.4, -0.2) is 34.3 Å². The molecule has 1 saturated heterocycles. The number of carboxylic acids is 1. The summed E-state index contributed by atoms with van der Waals surface area (Å²) >= 11 is 5.64. The standard InChI is InChI=1S/C13H13ClFNO5/c1-5-2-10(21-11(5)13(19)20)12(18)16-8-3-6(14)9(17)4-7(8)15/h3-5,10-11,17H,2H2,1H3,(H,16,18)(H,19,20)/t5-,10-,11-/m1/s1.